The van der Waals surface area contributed by atoms with Crippen LogP contribution in [0.2, 0.25) is 0 Å². The Morgan fingerprint density at radius 3 is 2.69 bits per heavy atom. The molecule has 1 unspecified atom stereocenters. The van der Waals surface area contributed by atoms with Gasteiger partial charge in [0.2, 0.25) is 0 Å². The molecule has 0 aliphatic heterocycles. The zero-order valence-electron chi connectivity index (χ0n) is 10.4. The standard InChI is InChI=1S/C13H25N3/c1-3-5-12(6-9-15-4-2)16-11-13(10-14)7-8-13/h4,10,12,14-16H,2-3,5-9,11H2,1H3. The minimum Gasteiger partial charge on any atom is -0.391 e. The summed E-state index contributed by atoms with van der Waals surface area (Å²) in [5.41, 5.74) is 0.206. The molecule has 0 spiro atoms. The van der Waals surface area contributed by atoms with Crippen LogP contribution in [0.1, 0.15) is 39.0 Å². The molecular weight excluding hydrogens is 198 g/mol. The first-order chi connectivity index (χ1) is 7.76. The van der Waals surface area contributed by atoms with Crippen LogP contribution in [0.4, 0.5) is 0 Å². The highest BCUT2D eigenvalue weighted by Gasteiger charge is 2.40. The topological polar surface area (TPSA) is 47.9 Å². The molecule has 3 nitrogen and oxygen atoms in total. The van der Waals surface area contributed by atoms with Gasteiger partial charge in [-0.15, -0.1) is 0 Å². The van der Waals surface area contributed by atoms with E-state index in [4.69, 9.17) is 5.41 Å². The molecule has 0 bridgehead atoms. The molecule has 16 heavy (non-hydrogen) atoms. The molecule has 1 aliphatic carbocycles. The lowest BCUT2D eigenvalue weighted by Crippen LogP contribution is -2.36. The second-order valence-corrected chi connectivity index (χ2v) is 4.82. The summed E-state index contributed by atoms with van der Waals surface area (Å²) in [6, 6.07) is 0.579. The van der Waals surface area contributed by atoms with Gasteiger partial charge in [-0.25, -0.2) is 0 Å². The van der Waals surface area contributed by atoms with Crippen molar-refractivity contribution in [1.29, 1.82) is 5.41 Å². The van der Waals surface area contributed by atoms with E-state index in [2.05, 4.69) is 24.1 Å². The second kappa shape index (κ2) is 6.69. The summed E-state index contributed by atoms with van der Waals surface area (Å²) in [7, 11) is 0. The average molecular weight is 223 g/mol. The molecule has 0 radical (unpaired) electrons. The monoisotopic (exact) mass is 223 g/mol. The van der Waals surface area contributed by atoms with Gasteiger partial charge in [-0.05, 0) is 31.9 Å². The molecule has 1 rings (SSSR count). The van der Waals surface area contributed by atoms with Crippen molar-refractivity contribution in [1.82, 2.24) is 10.6 Å². The van der Waals surface area contributed by atoms with E-state index in [-0.39, 0.29) is 5.41 Å². The Labute approximate surface area is 99.2 Å². The maximum absolute atomic E-state index is 7.39. The summed E-state index contributed by atoms with van der Waals surface area (Å²) in [5, 5.41) is 14.1. The van der Waals surface area contributed by atoms with Crippen molar-refractivity contribution < 1.29 is 0 Å². The average Bonchev–Trinajstić information content (AvgIpc) is 3.07. The molecule has 3 heteroatoms. The van der Waals surface area contributed by atoms with Crippen molar-refractivity contribution in [2.45, 2.75) is 45.1 Å². The van der Waals surface area contributed by atoms with E-state index in [1.54, 1.807) is 12.4 Å². The first-order valence-electron chi connectivity index (χ1n) is 6.35. The molecule has 92 valence electrons. The normalized spacial score (nSPS) is 18.8. The quantitative estimate of drug-likeness (QED) is 0.393. The molecule has 1 atom stereocenters. The van der Waals surface area contributed by atoms with Crippen LogP contribution in [0, 0.1) is 10.8 Å². The predicted molar refractivity (Wildman–Crippen MR) is 70.0 cm³/mol. The summed E-state index contributed by atoms with van der Waals surface area (Å²) in [6.45, 7) is 7.84. The molecule has 0 heterocycles. The minimum atomic E-state index is 0.206. The fraction of sp³-hybridized carbons (Fsp3) is 0.769. The Kier molecular flexibility index (Phi) is 5.53. The van der Waals surface area contributed by atoms with Gasteiger partial charge < -0.3 is 16.0 Å². The van der Waals surface area contributed by atoms with E-state index in [1.807, 2.05) is 0 Å². The Morgan fingerprint density at radius 1 is 1.44 bits per heavy atom. The van der Waals surface area contributed by atoms with Crippen LogP contribution in [0.3, 0.4) is 0 Å². The van der Waals surface area contributed by atoms with Crippen LogP contribution in [0.15, 0.2) is 12.8 Å². The van der Waals surface area contributed by atoms with E-state index in [0.29, 0.717) is 6.04 Å². The number of rotatable bonds is 10. The van der Waals surface area contributed by atoms with Gasteiger partial charge >= 0.3 is 0 Å². The van der Waals surface area contributed by atoms with Crippen LogP contribution in [-0.2, 0) is 0 Å². The molecule has 1 fully saturated rings. The third-order valence-electron chi connectivity index (χ3n) is 3.36. The van der Waals surface area contributed by atoms with Crippen molar-refractivity contribution in [3.63, 3.8) is 0 Å². The molecule has 3 N–H and O–H groups in total. The molecule has 0 aromatic rings. The third-order valence-corrected chi connectivity index (χ3v) is 3.36. The fourth-order valence-electron chi connectivity index (χ4n) is 1.94. The van der Waals surface area contributed by atoms with E-state index < -0.39 is 0 Å². The van der Waals surface area contributed by atoms with Gasteiger partial charge in [-0.1, -0.05) is 19.9 Å². The third kappa shape index (κ3) is 4.35. The van der Waals surface area contributed by atoms with Crippen LogP contribution >= 0.6 is 0 Å². The summed E-state index contributed by atoms with van der Waals surface area (Å²) < 4.78 is 0. The Hall–Kier alpha value is -0.830. The highest BCUT2D eigenvalue weighted by molar-refractivity contribution is 5.66. The number of nitrogens with one attached hydrogen (secondary N) is 3. The van der Waals surface area contributed by atoms with Crippen LogP contribution < -0.4 is 10.6 Å². The van der Waals surface area contributed by atoms with E-state index in [1.165, 1.54) is 25.7 Å². The summed E-state index contributed by atoms with van der Waals surface area (Å²) in [6.07, 6.45) is 9.32. The molecule has 0 aromatic heterocycles. The first-order valence-corrected chi connectivity index (χ1v) is 6.35. The zero-order valence-corrected chi connectivity index (χ0v) is 10.4. The highest BCUT2D eigenvalue weighted by atomic mass is 14.9. The summed E-state index contributed by atoms with van der Waals surface area (Å²) in [5.74, 6) is 0. The molecule has 0 aromatic carbocycles. The lowest BCUT2D eigenvalue weighted by molar-refractivity contribution is 0.422. The van der Waals surface area contributed by atoms with Gasteiger partial charge in [0.25, 0.3) is 0 Å². The van der Waals surface area contributed by atoms with Crippen molar-refractivity contribution >= 4 is 6.21 Å². The Balaban J connectivity index is 2.21. The SMILES string of the molecule is C=CNCCC(CCC)NCC1(C=N)CC1. The highest BCUT2D eigenvalue weighted by Crippen LogP contribution is 2.42. The van der Waals surface area contributed by atoms with Gasteiger partial charge in [-0.3, -0.25) is 0 Å². The first kappa shape index (κ1) is 13.2. The van der Waals surface area contributed by atoms with Crippen molar-refractivity contribution in [3.05, 3.63) is 12.8 Å². The molecule has 0 amide bonds. The minimum absolute atomic E-state index is 0.206. The summed E-state index contributed by atoms with van der Waals surface area (Å²) in [4.78, 5) is 0. The molecule has 1 saturated carbocycles. The van der Waals surface area contributed by atoms with Crippen molar-refractivity contribution in [2.24, 2.45) is 5.41 Å². The Bertz CT molecular complexity index is 221. The Morgan fingerprint density at radius 2 is 2.19 bits per heavy atom. The lowest BCUT2D eigenvalue weighted by Gasteiger charge is -2.20. The summed E-state index contributed by atoms with van der Waals surface area (Å²) >= 11 is 0. The van der Waals surface area contributed by atoms with Crippen LogP contribution in [-0.4, -0.2) is 25.3 Å². The van der Waals surface area contributed by atoms with E-state index in [0.717, 1.165) is 19.5 Å². The second-order valence-electron chi connectivity index (χ2n) is 4.82. The van der Waals surface area contributed by atoms with Crippen LogP contribution in [0.25, 0.3) is 0 Å². The van der Waals surface area contributed by atoms with Gasteiger partial charge in [-0.2, -0.15) is 0 Å². The predicted octanol–water partition coefficient (Wildman–Crippen LogP) is 2.30. The van der Waals surface area contributed by atoms with Gasteiger partial charge in [0, 0.05) is 30.8 Å². The fourth-order valence-corrected chi connectivity index (χ4v) is 1.94. The van der Waals surface area contributed by atoms with Crippen molar-refractivity contribution in [2.75, 3.05) is 13.1 Å². The molecule has 0 saturated heterocycles. The molecular formula is C13H25N3. The number of hydrogen-bond donors (Lipinski definition) is 3. The van der Waals surface area contributed by atoms with E-state index in [9.17, 15) is 0 Å². The maximum atomic E-state index is 7.39. The van der Waals surface area contributed by atoms with E-state index >= 15 is 0 Å². The largest absolute Gasteiger partial charge is 0.391 e. The van der Waals surface area contributed by atoms with Gasteiger partial charge in [0.05, 0.1) is 0 Å². The van der Waals surface area contributed by atoms with Gasteiger partial charge in [0.1, 0.15) is 0 Å². The lowest BCUT2D eigenvalue weighted by atomic mass is 10.1. The number of hydrogen-bond acceptors (Lipinski definition) is 3. The van der Waals surface area contributed by atoms with Gasteiger partial charge in [0.15, 0.2) is 0 Å². The van der Waals surface area contributed by atoms with Crippen molar-refractivity contribution in [3.8, 4) is 0 Å². The smallest absolute Gasteiger partial charge is 0.0175 e. The maximum Gasteiger partial charge on any atom is 0.0175 e. The van der Waals surface area contributed by atoms with Crippen LogP contribution in [0.5, 0.6) is 0 Å². The zero-order chi connectivity index (χ0) is 11.9. The molecule has 1 aliphatic rings.